The molecule has 0 radical (unpaired) electrons. The van der Waals surface area contributed by atoms with Gasteiger partial charge in [0.05, 0.1) is 39.6 Å². The minimum Gasteiger partial charge on any atom is -0.507 e. The highest BCUT2D eigenvalue weighted by molar-refractivity contribution is 6.32. The number of allylic oxidation sites excluding steroid dienone is 2. The molecule has 2 saturated heterocycles. The highest BCUT2D eigenvalue weighted by Gasteiger charge is 2.67. The van der Waals surface area contributed by atoms with Crippen LogP contribution in [0.5, 0.6) is 11.5 Å². The summed E-state index contributed by atoms with van der Waals surface area (Å²) in [6, 6.07) is 10.6. The van der Waals surface area contributed by atoms with E-state index >= 15 is 0 Å². The van der Waals surface area contributed by atoms with Crippen LogP contribution in [0.1, 0.15) is 52.7 Å². The Morgan fingerprint density at radius 2 is 1.54 bits per heavy atom. The first-order chi connectivity index (χ1) is 22.7. The number of fused-ring (bicyclic) bond motifs is 4. The van der Waals surface area contributed by atoms with E-state index in [1.807, 2.05) is 6.08 Å². The van der Waals surface area contributed by atoms with Gasteiger partial charge < -0.3 is 15.3 Å². The van der Waals surface area contributed by atoms with Crippen LogP contribution >= 0.6 is 11.6 Å². The van der Waals surface area contributed by atoms with Crippen LogP contribution in [0.2, 0.25) is 5.02 Å². The Hall–Kier alpha value is -5.03. The van der Waals surface area contributed by atoms with Crippen molar-refractivity contribution in [3.8, 4) is 11.5 Å². The third kappa shape index (κ3) is 4.26. The zero-order chi connectivity index (χ0) is 34.6. The van der Waals surface area contributed by atoms with Crippen LogP contribution in [-0.2, 0) is 19.2 Å². The van der Waals surface area contributed by atoms with Gasteiger partial charge in [-0.3, -0.25) is 19.2 Å². The summed E-state index contributed by atoms with van der Waals surface area (Å²) in [5.74, 6) is -8.71. The highest BCUT2D eigenvalue weighted by atomic mass is 35.5. The number of aromatic hydroxyl groups is 2. The van der Waals surface area contributed by atoms with Crippen molar-refractivity contribution in [2.75, 3.05) is 9.80 Å². The third-order valence-electron chi connectivity index (χ3n) is 10.8. The Bertz CT molecular complexity index is 2020. The maximum absolute atomic E-state index is 14.5. The monoisotopic (exact) mass is 672 g/mol. The lowest BCUT2D eigenvalue weighted by Gasteiger charge is -2.49. The smallest absolute Gasteiger partial charge is 0.339 e. The van der Waals surface area contributed by atoms with Crippen molar-refractivity contribution in [1.29, 1.82) is 0 Å². The van der Waals surface area contributed by atoms with Gasteiger partial charge in [0.1, 0.15) is 22.9 Å². The molecule has 3 aromatic carbocycles. The first-order valence-electron chi connectivity index (χ1n) is 15.4. The Balaban J connectivity index is 1.36. The standard InChI is InChI=1S/C36H30ClFN2O8/c1-15-10-17(11-16(2)30(15)42)29-20-7-8-22-28(33(45)39(31(22)43)19-4-6-21(34(46)47)27(41)13-19)23(20)14-24-32(44)40(35(48)36(24,29)3)18-5-9-26(38)25(37)12-18/h4-7,9-13,22-24,28-29,41-42H,8,14H2,1-3H3,(H,46,47). The zero-order valence-electron chi connectivity index (χ0n) is 26.0. The Labute approximate surface area is 279 Å². The lowest BCUT2D eigenvalue weighted by molar-refractivity contribution is -0.131. The van der Waals surface area contributed by atoms with Crippen molar-refractivity contribution >= 4 is 52.6 Å². The molecular formula is C36H30ClFN2O8. The minimum absolute atomic E-state index is 0.0249. The first-order valence-corrected chi connectivity index (χ1v) is 15.8. The fourth-order valence-electron chi connectivity index (χ4n) is 8.52. The number of phenolic OH excluding ortho intramolecular Hbond substituents is 1. The SMILES string of the molecule is Cc1cc(C2C3=CCC4C(=O)N(c5ccc(C(=O)O)c(O)c5)C(=O)C4C3CC3C(=O)N(c4ccc(F)c(Cl)c4)C(=O)C32C)cc(C)c1O. The molecule has 0 bridgehead atoms. The van der Waals surface area contributed by atoms with Gasteiger partial charge in [0.15, 0.2) is 0 Å². The van der Waals surface area contributed by atoms with Crippen molar-refractivity contribution in [1.82, 2.24) is 0 Å². The van der Waals surface area contributed by atoms with E-state index in [2.05, 4.69) is 0 Å². The molecule has 48 heavy (non-hydrogen) atoms. The summed E-state index contributed by atoms with van der Waals surface area (Å²) in [6.45, 7) is 5.18. The topological polar surface area (TPSA) is 153 Å². The fourth-order valence-corrected chi connectivity index (χ4v) is 8.69. The van der Waals surface area contributed by atoms with E-state index in [1.165, 1.54) is 18.2 Å². The Morgan fingerprint density at radius 1 is 0.896 bits per heavy atom. The molecule has 2 aliphatic heterocycles. The number of hydrogen-bond donors (Lipinski definition) is 3. The number of carboxylic acids is 1. The molecule has 3 aromatic rings. The number of rotatable bonds is 4. The lowest BCUT2D eigenvalue weighted by Crippen LogP contribution is -2.49. The molecule has 2 heterocycles. The van der Waals surface area contributed by atoms with Crippen LogP contribution in [0.25, 0.3) is 0 Å². The van der Waals surface area contributed by atoms with Gasteiger partial charge in [-0.25, -0.2) is 19.0 Å². The fraction of sp³-hybridized carbons (Fsp3) is 0.306. The quantitative estimate of drug-likeness (QED) is 0.238. The summed E-state index contributed by atoms with van der Waals surface area (Å²) in [5, 5.41) is 30.0. The van der Waals surface area contributed by atoms with Crippen LogP contribution in [0, 0.1) is 48.8 Å². The van der Waals surface area contributed by atoms with Gasteiger partial charge in [-0.2, -0.15) is 0 Å². The van der Waals surface area contributed by atoms with Gasteiger partial charge in [0.2, 0.25) is 23.6 Å². The minimum atomic E-state index is -1.37. The van der Waals surface area contributed by atoms with Crippen molar-refractivity contribution in [3.05, 3.63) is 93.3 Å². The van der Waals surface area contributed by atoms with Crippen LogP contribution in [0.3, 0.4) is 0 Å². The van der Waals surface area contributed by atoms with E-state index in [9.17, 15) is 43.7 Å². The predicted molar refractivity (Wildman–Crippen MR) is 171 cm³/mol. The van der Waals surface area contributed by atoms with Gasteiger partial charge in [0, 0.05) is 12.0 Å². The zero-order valence-corrected chi connectivity index (χ0v) is 26.8. The van der Waals surface area contributed by atoms with Crippen LogP contribution in [0.15, 0.2) is 60.2 Å². The van der Waals surface area contributed by atoms with Crippen molar-refractivity contribution in [2.24, 2.45) is 29.1 Å². The summed E-state index contributed by atoms with van der Waals surface area (Å²) in [6.07, 6.45) is 2.12. The molecule has 2 aliphatic carbocycles. The van der Waals surface area contributed by atoms with E-state index in [0.29, 0.717) is 16.7 Å². The molecule has 6 unspecified atom stereocenters. The number of carbonyl (C=O) groups excluding carboxylic acids is 4. The first kappa shape index (κ1) is 31.6. The van der Waals surface area contributed by atoms with Gasteiger partial charge in [0.25, 0.3) is 0 Å². The highest BCUT2D eigenvalue weighted by Crippen LogP contribution is 2.64. The van der Waals surface area contributed by atoms with Gasteiger partial charge >= 0.3 is 5.97 Å². The normalized spacial score (nSPS) is 27.9. The molecule has 0 aromatic heterocycles. The van der Waals surface area contributed by atoms with E-state index in [4.69, 9.17) is 11.6 Å². The molecule has 1 saturated carbocycles. The molecule has 12 heteroatoms. The number of amides is 4. The molecule has 0 spiro atoms. The number of aromatic carboxylic acids is 1. The Morgan fingerprint density at radius 3 is 2.17 bits per heavy atom. The molecule has 10 nitrogen and oxygen atoms in total. The molecule has 6 atom stereocenters. The van der Waals surface area contributed by atoms with Crippen LogP contribution in [0.4, 0.5) is 15.8 Å². The second-order valence-corrected chi connectivity index (χ2v) is 13.7. The molecule has 4 amide bonds. The van der Waals surface area contributed by atoms with E-state index in [1.54, 1.807) is 32.9 Å². The lowest BCUT2D eigenvalue weighted by atomic mass is 9.51. The predicted octanol–water partition coefficient (Wildman–Crippen LogP) is 5.64. The molecule has 4 aliphatic rings. The van der Waals surface area contributed by atoms with Gasteiger partial charge in [-0.05, 0) is 86.6 Å². The maximum atomic E-state index is 14.5. The number of imide groups is 2. The number of carbonyl (C=O) groups is 5. The summed E-state index contributed by atoms with van der Waals surface area (Å²) in [7, 11) is 0. The maximum Gasteiger partial charge on any atom is 0.339 e. The number of aryl methyl sites for hydroxylation is 2. The van der Waals surface area contributed by atoms with Crippen LogP contribution in [-0.4, -0.2) is 44.9 Å². The molecule has 3 N–H and O–H groups in total. The number of nitrogens with zero attached hydrogens (tertiary/aromatic N) is 2. The number of benzene rings is 3. The summed E-state index contributed by atoms with van der Waals surface area (Å²) in [4.78, 5) is 70.4. The Kier molecular flexibility index (Phi) is 7.07. The summed E-state index contributed by atoms with van der Waals surface area (Å²) in [5.41, 5.74) is 0.904. The molecule has 246 valence electrons. The average molecular weight is 673 g/mol. The number of phenols is 2. The summed E-state index contributed by atoms with van der Waals surface area (Å²) < 4.78 is 14.1. The molecule has 3 fully saturated rings. The number of carboxylic acid groups (broad SMARTS) is 1. The summed E-state index contributed by atoms with van der Waals surface area (Å²) >= 11 is 6.06. The van der Waals surface area contributed by atoms with Crippen molar-refractivity contribution < 1.29 is 43.7 Å². The van der Waals surface area contributed by atoms with E-state index < -0.39 is 76.2 Å². The van der Waals surface area contributed by atoms with E-state index in [0.717, 1.165) is 33.6 Å². The van der Waals surface area contributed by atoms with Crippen LogP contribution < -0.4 is 9.80 Å². The van der Waals surface area contributed by atoms with Crippen molar-refractivity contribution in [3.63, 3.8) is 0 Å². The third-order valence-corrected chi connectivity index (χ3v) is 11.0. The second-order valence-electron chi connectivity index (χ2n) is 13.3. The second kappa shape index (κ2) is 10.7. The average Bonchev–Trinajstić information content (AvgIpc) is 3.40. The van der Waals surface area contributed by atoms with Gasteiger partial charge in [-0.1, -0.05) is 35.4 Å². The van der Waals surface area contributed by atoms with Crippen molar-refractivity contribution in [2.45, 2.75) is 39.5 Å². The van der Waals surface area contributed by atoms with Gasteiger partial charge in [-0.15, -0.1) is 0 Å². The number of halogens is 2. The van der Waals surface area contributed by atoms with E-state index in [-0.39, 0.29) is 40.6 Å². The number of hydrogen-bond acceptors (Lipinski definition) is 7. The number of anilines is 2. The molecule has 7 rings (SSSR count). The largest absolute Gasteiger partial charge is 0.507 e. The molecular weight excluding hydrogens is 643 g/mol.